The molecule has 0 radical (unpaired) electrons. The fourth-order valence-corrected chi connectivity index (χ4v) is 2.57. The van der Waals surface area contributed by atoms with Crippen LogP contribution in [0.25, 0.3) is 5.57 Å². The summed E-state index contributed by atoms with van der Waals surface area (Å²) < 4.78 is 5.29. The highest BCUT2D eigenvalue weighted by atomic mass is 32.2. The Bertz CT molecular complexity index is 612. The summed E-state index contributed by atoms with van der Waals surface area (Å²) in [6.45, 7) is 0. The molecule has 1 aliphatic rings. The van der Waals surface area contributed by atoms with E-state index in [1.165, 1.54) is 18.9 Å². The van der Waals surface area contributed by atoms with Crippen molar-refractivity contribution in [1.82, 2.24) is 0 Å². The first-order valence-electron chi connectivity index (χ1n) is 5.55. The Morgan fingerprint density at radius 2 is 2.05 bits per heavy atom. The van der Waals surface area contributed by atoms with Gasteiger partial charge in [-0.1, -0.05) is 29.1 Å². The number of thioether (sulfide) groups is 1. The van der Waals surface area contributed by atoms with Gasteiger partial charge in [0.2, 0.25) is 0 Å². The SMILES string of the molecule is CON=C1C=C/C(=C(/C#N)c2ccccc2OC)S1. The third kappa shape index (κ3) is 2.80. The summed E-state index contributed by atoms with van der Waals surface area (Å²) in [6, 6.07) is 9.68. The molecular formula is C14H12N2O2S. The van der Waals surface area contributed by atoms with E-state index >= 15 is 0 Å². The highest BCUT2D eigenvalue weighted by Crippen LogP contribution is 2.36. The number of ether oxygens (including phenoxy) is 1. The number of benzene rings is 1. The number of nitriles is 1. The molecule has 0 aromatic heterocycles. The lowest BCUT2D eigenvalue weighted by Crippen LogP contribution is -1.91. The first-order valence-corrected chi connectivity index (χ1v) is 6.36. The van der Waals surface area contributed by atoms with E-state index in [0.29, 0.717) is 11.3 Å². The van der Waals surface area contributed by atoms with Crippen LogP contribution in [0.15, 0.2) is 46.5 Å². The van der Waals surface area contributed by atoms with Gasteiger partial charge in [-0.15, -0.1) is 0 Å². The summed E-state index contributed by atoms with van der Waals surface area (Å²) in [5.74, 6) is 0.678. The molecule has 19 heavy (non-hydrogen) atoms. The minimum atomic E-state index is 0.569. The molecule has 0 atom stereocenters. The van der Waals surface area contributed by atoms with Gasteiger partial charge in [-0.25, -0.2) is 0 Å². The number of rotatable bonds is 3. The van der Waals surface area contributed by atoms with E-state index < -0.39 is 0 Å². The van der Waals surface area contributed by atoms with Gasteiger partial charge in [0.15, 0.2) is 0 Å². The summed E-state index contributed by atoms with van der Waals surface area (Å²) in [4.78, 5) is 5.56. The molecule has 0 N–H and O–H groups in total. The van der Waals surface area contributed by atoms with Gasteiger partial charge >= 0.3 is 0 Å². The Morgan fingerprint density at radius 1 is 1.26 bits per heavy atom. The van der Waals surface area contributed by atoms with Crippen molar-refractivity contribution in [3.63, 3.8) is 0 Å². The average Bonchev–Trinajstić information content (AvgIpc) is 2.89. The Hall–Kier alpha value is -2.19. The van der Waals surface area contributed by atoms with Crippen LogP contribution < -0.4 is 4.74 Å². The minimum Gasteiger partial charge on any atom is -0.496 e. The van der Waals surface area contributed by atoms with Crippen molar-refractivity contribution in [3.8, 4) is 11.8 Å². The monoisotopic (exact) mass is 272 g/mol. The fraction of sp³-hybridized carbons (Fsp3) is 0.143. The molecule has 1 heterocycles. The van der Waals surface area contributed by atoms with Crippen LogP contribution in [0.2, 0.25) is 0 Å². The molecule has 5 heteroatoms. The predicted octanol–water partition coefficient (Wildman–Crippen LogP) is 3.19. The third-order valence-corrected chi connectivity index (χ3v) is 3.49. The Kier molecular flexibility index (Phi) is 4.26. The molecule has 0 spiro atoms. The van der Waals surface area contributed by atoms with E-state index in [-0.39, 0.29) is 0 Å². The normalized spacial score (nSPS) is 18.3. The van der Waals surface area contributed by atoms with E-state index in [0.717, 1.165) is 15.5 Å². The molecule has 0 saturated heterocycles. The molecule has 4 nitrogen and oxygen atoms in total. The molecule has 0 fully saturated rings. The molecule has 1 aromatic rings. The molecule has 0 bridgehead atoms. The van der Waals surface area contributed by atoms with Gasteiger partial charge in [0.25, 0.3) is 0 Å². The van der Waals surface area contributed by atoms with Crippen molar-refractivity contribution in [2.24, 2.45) is 5.16 Å². The first kappa shape index (κ1) is 13.2. The zero-order valence-corrected chi connectivity index (χ0v) is 11.4. The van der Waals surface area contributed by atoms with E-state index in [4.69, 9.17) is 9.57 Å². The van der Waals surface area contributed by atoms with Crippen molar-refractivity contribution in [2.45, 2.75) is 0 Å². The van der Waals surface area contributed by atoms with Crippen LogP contribution in [0, 0.1) is 11.3 Å². The van der Waals surface area contributed by atoms with Crippen LogP contribution >= 0.6 is 11.8 Å². The summed E-state index contributed by atoms with van der Waals surface area (Å²) in [5, 5.41) is 14.0. The number of para-hydroxylation sites is 1. The number of hydrogen-bond donors (Lipinski definition) is 0. The van der Waals surface area contributed by atoms with Crippen LogP contribution in [-0.2, 0) is 4.84 Å². The predicted molar refractivity (Wildman–Crippen MR) is 76.7 cm³/mol. The summed E-state index contributed by atoms with van der Waals surface area (Å²) in [6.07, 6.45) is 3.67. The highest BCUT2D eigenvalue weighted by Gasteiger charge is 2.17. The largest absolute Gasteiger partial charge is 0.496 e. The van der Waals surface area contributed by atoms with Crippen LogP contribution in [0.4, 0.5) is 0 Å². The second kappa shape index (κ2) is 6.12. The van der Waals surface area contributed by atoms with Crippen LogP contribution in [0.3, 0.4) is 0 Å². The third-order valence-electron chi connectivity index (χ3n) is 2.51. The number of oxime groups is 1. The van der Waals surface area contributed by atoms with Crippen molar-refractivity contribution in [1.29, 1.82) is 5.26 Å². The van der Waals surface area contributed by atoms with Gasteiger partial charge < -0.3 is 9.57 Å². The smallest absolute Gasteiger partial charge is 0.140 e. The maximum atomic E-state index is 9.39. The van der Waals surface area contributed by atoms with Crippen molar-refractivity contribution >= 4 is 22.4 Å². The number of methoxy groups -OCH3 is 1. The first-order chi connectivity index (χ1) is 9.30. The van der Waals surface area contributed by atoms with Gasteiger partial charge in [0, 0.05) is 10.5 Å². The van der Waals surface area contributed by atoms with Crippen LogP contribution in [0.1, 0.15) is 5.56 Å². The van der Waals surface area contributed by atoms with Crippen LogP contribution in [0.5, 0.6) is 5.75 Å². The van der Waals surface area contributed by atoms with Gasteiger partial charge in [0.1, 0.15) is 24.0 Å². The Balaban J connectivity index is 2.45. The van der Waals surface area contributed by atoms with Gasteiger partial charge in [-0.05, 0) is 24.3 Å². The quantitative estimate of drug-likeness (QED) is 0.626. The Morgan fingerprint density at radius 3 is 2.74 bits per heavy atom. The zero-order chi connectivity index (χ0) is 13.7. The lowest BCUT2D eigenvalue weighted by atomic mass is 10.1. The summed E-state index contributed by atoms with van der Waals surface area (Å²) >= 11 is 1.40. The van der Waals surface area contributed by atoms with Crippen molar-refractivity contribution in [2.75, 3.05) is 14.2 Å². The molecule has 0 aliphatic carbocycles. The van der Waals surface area contributed by atoms with Crippen molar-refractivity contribution in [3.05, 3.63) is 46.9 Å². The lowest BCUT2D eigenvalue weighted by molar-refractivity contribution is 0.215. The molecule has 0 unspecified atom stereocenters. The molecule has 1 aliphatic heterocycles. The summed E-state index contributed by atoms with van der Waals surface area (Å²) in [5.41, 5.74) is 1.35. The number of allylic oxidation sites excluding steroid dienone is 2. The second-order valence-electron chi connectivity index (χ2n) is 3.60. The molecular weight excluding hydrogens is 260 g/mol. The second-order valence-corrected chi connectivity index (χ2v) is 4.66. The van der Waals surface area contributed by atoms with Gasteiger partial charge in [-0.2, -0.15) is 5.26 Å². The molecule has 0 saturated carbocycles. The van der Waals surface area contributed by atoms with Gasteiger partial charge in [-0.3, -0.25) is 0 Å². The standard InChI is InChI=1S/C14H12N2O2S/c1-17-12-6-4-3-5-10(12)11(9-15)13-7-8-14(19-13)16-18-2/h3-8H,1-2H3/b13-11+,16-14?. The maximum Gasteiger partial charge on any atom is 0.140 e. The number of hydrogen-bond acceptors (Lipinski definition) is 5. The molecule has 2 rings (SSSR count). The molecule has 1 aromatic carbocycles. The zero-order valence-electron chi connectivity index (χ0n) is 10.6. The minimum absolute atomic E-state index is 0.569. The topological polar surface area (TPSA) is 54.6 Å². The average molecular weight is 272 g/mol. The van der Waals surface area contributed by atoms with E-state index in [2.05, 4.69) is 11.2 Å². The molecule has 96 valence electrons. The lowest BCUT2D eigenvalue weighted by Gasteiger charge is -2.08. The van der Waals surface area contributed by atoms with E-state index in [1.54, 1.807) is 7.11 Å². The Labute approximate surface area is 116 Å². The van der Waals surface area contributed by atoms with Crippen LogP contribution in [-0.4, -0.2) is 19.3 Å². The van der Waals surface area contributed by atoms with E-state index in [9.17, 15) is 5.26 Å². The molecule has 0 amide bonds. The van der Waals surface area contributed by atoms with E-state index in [1.807, 2.05) is 36.4 Å². The maximum absolute atomic E-state index is 9.39. The highest BCUT2D eigenvalue weighted by molar-refractivity contribution is 8.18. The van der Waals surface area contributed by atoms with Crippen molar-refractivity contribution < 1.29 is 9.57 Å². The van der Waals surface area contributed by atoms with Gasteiger partial charge in [0.05, 0.1) is 12.7 Å². The fourth-order valence-electron chi connectivity index (χ4n) is 1.70. The number of nitrogens with zero attached hydrogens (tertiary/aromatic N) is 2. The summed E-state index contributed by atoms with van der Waals surface area (Å²) in [7, 11) is 3.09.